The second-order valence-corrected chi connectivity index (χ2v) is 7.41. The second-order valence-electron chi connectivity index (χ2n) is 7.00. The predicted octanol–water partition coefficient (Wildman–Crippen LogP) is 4.37. The van der Waals surface area contributed by atoms with Crippen LogP contribution >= 0.6 is 12.2 Å². The van der Waals surface area contributed by atoms with Crippen molar-refractivity contribution in [3.63, 3.8) is 0 Å². The van der Waals surface area contributed by atoms with Crippen molar-refractivity contribution in [1.82, 2.24) is 5.32 Å². The fourth-order valence-corrected chi connectivity index (χ4v) is 3.59. The van der Waals surface area contributed by atoms with E-state index in [-0.39, 0.29) is 5.91 Å². The topological polar surface area (TPSA) is 44.4 Å². The Kier molecular flexibility index (Phi) is 6.82. The number of hydrogen-bond donors (Lipinski definition) is 2. The molecule has 1 atom stereocenters. The summed E-state index contributed by atoms with van der Waals surface area (Å²) in [6, 6.07) is 18.4. The summed E-state index contributed by atoms with van der Waals surface area (Å²) in [5, 5.41) is 7.20. The number of rotatable bonds is 7. The predicted molar refractivity (Wildman–Crippen MR) is 116 cm³/mol. The third-order valence-corrected chi connectivity index (χ3v) is 5.23. The lowest BCUT2D eigenvalue weighted by atomic mass is 9.97. The van der Waals surface area contributed by atoms with Gasteiger partial charge in [-0.15, -0.1) is 0 Å². The minimum Gasteiger partial charge on any atom is -0.362 e. The fraction of sp³-hybridized carbons (Fsp3) is 0.364. The third kappa shape index (κ3) is 5.54. The summed E-state index contributed by atoms with van der Waals surface area (Å²) < 4.78 is 0. The summed E-state index contributed by atoms with van der Waals surface area (Å²) in [5.74, 6) is 0.722. The molecule has 0 aromatic heterocycles. The second kappa shape index (κ2) is 9.51. The molecule has 0 unspecified atom stereocenters. The van der Waals surface area contributed by atoms with Gasteiger partial charge in [0.05, 0.1) is 0 Å². The lowest BCUT2D eigenvalue weighted by Crippen LogP contribution is -2.33. The summed E-state index contributed by atoms with van der Waals surface area (Å²) in [4.78, 5) is 13.8. The molecule has 3 rings (SSSR count). The van der Waals surface area contributed by atoms with Gasteiger partial charge in [-0.05, 0) is 54.7 Å². The van der Waals surface area contributed by atoms with E-state index < -0.39 is 0 Å². The summed E-state index contributed by atoms with van der Waals surface area (Å²) in [6.07, 6.45) is 3.70. The van der Waals surface area contributed by atoms with Crippen molar-refractivity contribution in [1.29, 1.82) is 0 Å². The monoisotopic (exact) mass is 381 g/mol. The normalized spacial score (nSPS) is 14.9. The number of hydrogen-bond acceptors (Lipinski definition) is 2. The van der Waals surface area contributed by atoms with E-state index in [0.29, 0.717) is 17.5 Å². The van der Waals surface area contributed by atoms with Crippen LogP contribution in [0.5, 0.6) is 0 Å². The van der Waals surface area contributed by atoms with Gasteiger partial charge < -0.3 is 15.5 Å². The molecule has 4 nitrogen and oxygen atoms in total. The molecule has 0 saturated carbocycles. The van der Waals surface area contributed by atoms with E-state index >= 15 is 0 Å². The van der Waals surface area contributed by atoms with Gasteiger partial charge in [0.1, 0.15) is 0 Å². The zero-order chi connectivity index (χ0) is 19.1. The number of nitrogens with one attached hydrogen (secondary N) is 2. The van der Waals surface area contributed by atoms with Crippen LogP contribution in [0.4, 0.5) is 11.4 Å². The summed E-state index contributed by atoms with van der Waals surface area (Å²) in [5.41, 5.74) is 3.19. The maximum Gasteiger partial charge on any atom is 0.227 e. The van der Waals surface area contributed by atoms with Crippen molar-refractivity contribution in [2.75, 3.05) is 23.3 Å². The van der Waals surface area contributed by atoms with E-state index in [2.05, 4.69) is 41.8 Å². The van der Waals surface area contributed by atoms with E-state index in [0.717, 1.165) is 43.7 Å². The molecule has 0 aliphatic carbocycles. The van der Waals surface area contributed by atoms with Crippen LogP contribution in [0.3, 0.4) is 0 Å². The average molecular weight is 382 g/mol. The van der Waals surface area contributed by atoms with Crippen LogP contribution in [0.15, 0.2) is 54.6 Å². The van der Waals surface area contributed by atoms with E-state index in [1.165, 1.54) is 5.56 Å². The Morgan fingerprint density at radius 2 is 2.00 bits per heavy atom. The van der Waals surface area contributed by atoms with Gasteiger partial charge in [0, 0.05) is 30.9 Å². The van der Waals surface area contributed by atoms with Gasteiger partial charge in [-0.25, -0.2) is 0 Å². The minimum absolute atomic E-state index is 0.194. The van der Waals surface area contributed by atoms with E-state index in [9.17, 15) is 4.79 Å². The van der Waals surface area contributed by atoms with Crippen LogP contribution in [0.2, 0.25) is 0 Å². The first-order valence-corrected chi connectivity index (χ1v) is 10.1. The zero-order valence-electron chi connectivity index (χ0n) is 15.8. The van der Waals surface area contributed by atoms with Crippen molar-refractivity contribution in [3.8, 4) is 0 Å². The van der Waals surface area contributed by atoms with Crippen molar-refractivity contribution < 1.29 is 4.79 Å². The van der Waals surface area contributed by atoms with Crippen LogP contribution in [0.25, 0.3) is 0 Å². The molecular formula is C22H27N3OS. The number of benzene rings is 2. The maximum absolute atomic E-state index is 11.9. The number of nitrogens with zero attached hydrogens (tertiary/aromatic N) is 1. The molecule has 2 N–H and O–H groups in total. The van der Waals surface area contributed by atoms with Gasteiger partial charge >= 0.3 is 0 Å². The van der Waals surface area contributed by atoms with Gasteiger partial charge in [0.15, 0.2) is 5.11 Å². The van der Waals surface area contributed by atoms with E-state index in [4.69, 9.17) is 12.2 Å². The maximum atomic E-state index is 11.9. The quantitative estimate of drug-likeness (QED) is 0.699. The molecule has 0 bridgehead atoms. The summed E-state index contributed by atoms with van der Waals surface area (Å²) in [7, 11) is 0. The molecule has 1 amide bonds. The highest BCUT2D eigenvalue weighted by Crippen LogP contribution is 2.24. The first-order valence-electron chi connectivity index (χ1n) is 9.65. The molecule has 2 aromatic rings. The molecule has 142 valence electrons. The first-order chi connectivity index (χ1) is 13.2. The third-order valence-electron chi connectivity index (χ3n) is 4.98. The Labute approximate surface area is 167 Å². The van der Waals surface area contributed by atoms with Gasteiger partial charge in [0.2, 0.25) is 5.91 Å². The molecule has 1 aliphatic heterocycles. The molecule has 1 saturated heterocycles. The van der Waals surface area contributed by atoms with Gasteiger partial charge in [0.25, 0.3) is 0 Å². The highest BCUT2D eigenvalue weighted by molar-refractivity contribution is 7.80. The molecule has 1 fully saturated rings. The summed E-state index contributed by atoms with van der Waals surface area (Å²) >= 11 is 5.47. The SMILES string of the molecule is CC[C@@H](CNC(=S)Nc1cccc(N2CCCC2=O)c1)Cc1ccccc1. The molecular weight excluding hydrogens is 354 g/mol. The van der Waals surface area contributed by atoms with Crippen LogP contribution < -0.4 is 15.5 Å². The Morgan fingerprint density at radius 1 is 1.19 bits per heavy atom. The molecule has 5 heteroatoms. The van der Waals surface area contributed by atoms with Gasteiger partial charge in [-0.2, -0.15) is 0 Å². The Hall–Kier alpha value is -2.40. The Bertz CT molecular complexity index is 778. The highest BCUT2D eigenvalue weighted by atomic mass is 32.1. The molecule has 1 heterocycles. The molecule has 2 aromatic carbocycles. The molecule has 0 spiro atoms. The molecule has 0 radical (unpaired) electrons. The first kappa shape index (κ1) is 19.4. The van der Waals surface area contributed by atoms with E-state index in [1.807, 2.05) is 35.2 Å². The van der Waals surface area contributed by atoms with Crippen LogP contribution in [0, 0.1) is 5.92 Å². The standard InChI is InChI=1S/C22H27N3OS/c1-2-17(14-18-8-4-3-5-9-18)16-23-22(27)24-19-10-6-11-20(15-19)25-13-7-12-21(25)26/h3-6,8-11,15,17H,2,7,12-14,16H2,1H3,(H2,23,24,27)/t17-/m1/s1. The number of thiocarbonyl (C=S) groups is 1. The van der Waals surface area contributed by atoms with Crippen LogP contribution in [-0.4, -0.2) is 24.1 Å². The largest absolute Gasteiger partial charge is 0.362 e. The molecule has 1 aliphatic rings. The lowest BCUT2D eigenvalue weighted by Gasteiger charge is -2.19. The van der Waals surface area contributed by atoms with Crippen molar-refractivity contribution in [2.45, 2.75) is 32.6 Å². The highest BCUT2D eigenvalue weighted by Gasteiger charge is 2.21. The van der Waals surface area contributed by atoms with Crippen molar-refractivity contribution >= 4 is 34.6 Å². The van der Waals surface area contributed by atoms with E-state index in [1.54, 1.807) is 0 Å². The Balaban J connectivity index is 1.52. The lowest BCUT2D eigenvalue weighted by molar-refractivity contribution is -0.117. The van der Waals surface area contributed by atoms with Gasteiger partial charge in [-0.3, -0.25) is 4.79 Å². The van der Waals surface area contributed by atoms with Crippen LogP contribution in [-0.2, 0) is 11.2 Å². The number of amides is 1. The summed E-state index contributed by atoms with van der Waals surface area (Å²) in [6.45, 7) is 3.84. The van der Waals surface area contributed by atoms with Crippen LogP contribution in [0.1, 0.15) is 31.7 Å². The van der Waals surface area contributed by atoms with Gasteiger partial charge in [-0.1, -0.05) is 49.7 Å². The average Bonchev–Trinajstić information content (AvgIpc) is 3.12. The fourth-order valence-electron chi connectivity index (χ4n) is 3.39. The minimum atomic E-state index is 0.194. The van der Waals surface area contributed by atoms with Crippen molar-refractivity contribution in [2.24, 2.45) is 5.92 Å². The number of carbonyl (C=O) groups excluding carboxylic acids is 1. The number of carbonyl (C=O) groups is 1. The van der Waals surface area contributed by atoms with Crippen molar-refractivity contribution in [3.05, 3.63) is 60.2 Å². The molecule has 27 heavy (non-hydrogen) atoms. The number of anilines is 2. The Morgan fingerprint density at radius 3 is 2.70 bits per heavy atom. The zero-order valence-corrected chi connectivity index (χ0v) is 16.6. The smallest absolute Gasteiger partial charge is 0.227 e.